The van der Waals surface area contributed by atoms with Gasteiger partial charge in [-0.2, -0.15) is 0 Å². The van der Waals surface area contributed by atoms with Gasteiger partial charge in [-0.05, 0) is 59.4 Å². The second-order valence-corrected chi connectivity index (χ2v) is 9.76. The van der Waals surface area contributed by atoms with E-state index in [1.54, 1.807) is 20.8 Å². The van der Waals surface area contributed by atoms with Gasteiger partial charge in [-0.3, -0.25) is 14.5 Å². The van der Waals surface area contributed by atoms with Crippen LogP contribution in [0.1, 0.15) is 65.7 Å². The number of rotatable bonds is 13. The zero-order valence-electron chi connectivity index (χ0n) is 20.9. The molecule has 0 aliphatic carbocycles. The van der Waals surface area contributed by atoms with Crippen LogP contribution in [0.2, 0.25) is 0 Å². The summed E-state index contributed by atoms with van der Waals surface area (Å²) in [6.07, 6.45) is 0.402. The minimum Gasteiger partial charge on any atom is -0.469 e. The topological polar surface area (TPSA) is 158 Å². The van der Waals surface area contributed by atoms with Gasteiger partial charge >= 0.3 is 12.1 Å². The molecule has 198 valence electrons. The molecule has 0 bridgehead atoms. The van der Waals surface area contributed by atoms with Crippen molar-refractivity contribution in [3.8, 4) is 0 Å². The molecule has 1 rings (SSSR count). The van der Waals surface area contributed by atoms with E-state index in [1.165, 1.54) is 7.11 Å². The number of carbonyl (C=O) groups excluding carboxylic acids is 3. The molecule has 0 saturated carbocycles. The van der Waals surface area contributed by atoms with Gasteiger partial charge < -0.3 is 35.4 Å². The van der Waals surface area contributed by atoms with Crippen molar-refractivity contribution in [2.75, 3.05) is 33.3 Å². The van der Waals surface area contributed by atoms with Gasteiger partial charge in [-0.1, -0.05) is 6.42 Å². The molecule has 11 nitrogen and oxygen atoms in total. The summed E-state index contributed by atoms with van der Waals surface area (Å²) in [5, 5.41) is 34.8. The van der Waals surface area contributed by atoms with E-state index in [1.807, 2.05) is 4.90 Å². The molecule has 1 fully saturated rings. The van der Waals surface area contributed by atoms with Crippen LogP contribution in [0.3, 0.4) is 0 Å². The number of carbonyl (C=O) groups is 3. The normalized spacial score (nSPS) is 22.0. The lowest BCUT2D eigenvalue weighted by Crippen LogP contribution is -2.55. The highest BCUT2D eigenvalue weighted by Crippen LogP contribution is 2.14. The molecule has 0 aromatic heterocycles. The Bertz CT molecular complexity index is 628. The second kappa shape index (κ2) is 15.1. The molecule has 0 radical (unpaired) electrons. The van der Waals surface area contributed by atoms with Crippen LogP contribution in [0.15, 0.2) is 0 Å². The van der Waals surface area contributed by atoms with E-state index in [0.717, 1.165) is 6.42 Å². The van der Waals surface area contributed by atoms with Crippen LogP contribution in [-0.2, 0) is 19.1 Å². The summed E-state index contributed by atoms with van der Waals surface area (Å²) in [6, 6.07) is -0.760. The molecule has 34 heavy (non-hydrogen) atoms. The number of piperidine rings is 1. The third-order valence-corrected chi connectivity index (χ3v) is 5.49. The number of likely N-dealkylation sites (tertiary alicyclic amines) is 1. The molecule has 1 aliphatic rings. The summed E-state index contributed by atoms with van der Waals surface area (Å²) in [4.78, 5) is 37.9. The molecule has 1 saturated heterocycles. The number of methoxy groups -OCH3 is 1. The maximum atomic E-state index is 12.7. The van der Waals surface area contributed by atoms with Gasteiger partial charge in [0.05, 0.1) is 19.3 Å². The number of aliphatic hydroxyl groups excluding tert-OH is 3. The molecular weight excluding hydrogens is 446 g/mol. The Morgan fingerprint density at radius 3 is 2.24 bits per heavy atom. The van der Waals surface area contributed by atoms with Crippen molar-refractivity contribution in [1.82, 2.24) is 15.5 Å². The lowest BCUT2D eigenvalue weighted by Gasteiger charge is -2.36. The predicted octanol–water partition coefficient (Wildman–Crippen LogP) is 0.298. The van der Waals surface area contributed by atoms with E-state index >= 15 is 0 Å². The first-order valence-electron chi connectivity index (χ1n) is 12.0. The summed E-state index contributed by atoms with van der Waals surface area (Å²) in [6.45, 7) is 6.79. The second-order valence-electron chi connectivity index (χ2n) is 9.76. The van der Waals surface area contributed by atoms with Gasteiger partial charge in [-0.15, -0.1) is 0 Å². The van der Waals surface area contributed by atoms with Crippen LogP contribution in [0.25, 0.3) is 0 Å². The van der Waals surface area contributed by atoms with Gasteiger partial charge in [0.1, 0.15) is 17.7 Å². The highest BCUT2D eigenvalue weighted by Gasteiger charge is 2.33. The smallest absolute Gasteiger partial charge is 0.408 e. The largest absolute Gasteiger partial charge is 0.469 e. The van der Waals surface area contributed by atoms with Gasteiger partial charge in [-0.25, -0.2) is 4.79 Å². The van der Waals surface area contributed by atoms with E-state index in [0.29, 0.717) is 51.6 Å². The molecule has 11 heteroatoms. The number of β-amino-alcohol motifs (C(OH)–C–C–N with tert-alkyl or cyclic N) is 2. The zero-order chi connectivity index (χ0) is 25.7. The van der Waals surface area contributed by atoms with Crippen molar-refractivity contribution >= 4 is 18.0 Å². The lowest BCUT2D eigenvalue weighted by molar-refractivity contribution is -0.140. The first-order chi connectivity index (χ1) is 15.9. The van der Waals surface area contributed by atoms with Gasteiger partial charge in [0.15, 0.2) is 0 Å². The fourth-order valence-corrected chi connectivity index (χ4v) is 3.67. The summed E-state index contributed by atoms with van der Waals surface area (Å²) in [7, 11) is 1.35. The summed E-state index contributed by atoms with van der Waals surface area (Å²) in [5.41, 5.74) is -0.689. The monoisotopic (exact) mass is 489 g/mol. The number of nitrogens with zero attached hydrogens (tertiary/aromatic N) is 1. The Labute approximate surface area is 202 Å². The number of amides is 2. The standard InChI is InChI=1S/C23H43N3O8/c1-23(2,3)34-22(32)25-16(21(31)24-12-8-5-6-11-19(29)33-4)10-7-9-13-26-14-17(27)20(30)18(28)15-26/h16-18,20,27-28,30H,5-15H2,1-4H3,(H,24,31)(H,25,32)/t16-,17-,18+,20?/m0/s1. The predicted molar refractivity (Wildman–Crippen MR) is 125 cm³/mol. The Balaban J connectivity index is 2.47. The van der Waals surface area contributed by atoms with Crippen molar-refractivity contribution in [3.63, 3.8) is 0 Å². The number of nitrogens with one attached hydrogen (secondary N) is 2. The Morgan fingerprint density at radius 1 is 1.00 bits per heavy atom. The summed E-state index contributed by atoms with van der Waals surface area (Å²) in [5.74, 6) is -0.554. The third kappa shape index (κ3) is 12.5. The SMILES string of the molecule is COC(=O)CCCCCNC(=O)[C@H](CCCCN1C[C@@H](O)C(O)[C@@H](O)C1)NC(=O)OC(C)(C)C. The van der Waals surface area contributed by atoms with Crippen LogP contribution < -0.4 is 10.6 Å². The number of ether oxygens (including phenoxy) is 2. The first kappa shape index (κ1) is 30.1. The van der Waals surface area contributed by atoms with Crippen LogP contribution in [0.5, 0.6) is 0 Å². The van der Waals surface area contributed by atoms with Gasteiger partial charge in [0, 0.05) is 26.1 Å². The van der Waals surface area contributed by atoms with Crippen molar-refractivity contribution in [2.24, 2.45) is 0 Å². The Morgan fingerprint density at radius 2 is 1.65 bits per heavy atom. The summed E-state index contributed by atoms with van der Waals surface area (Å²) < 4.78 is 9.88. The third-order valence-electron chi connectivity index (χ3n) is 5.49. The van der Waals surface area contributed by atoms with Crippen LogP contribution in [0, 0.1) is 0 Å². The van der Waals surface area contributed by atoms with Crippen molar-refractivity contribution in [2.45, 2.75) is 95.7 Å². The fraction of sp³-hybridized carbons (Fsp3) is 0.870. The Kier molecular flexibility index (Phi) is 13.4. The highest BCUT2D eigenvalue weighted by atomic mass is 16.6. The molecule has 1 unspecified atom stereocenters. The number of unbranched alkanes of at least 4 members (excludes halogenated alkanes) is 3. The van der Waals surface area contributed by atoms with Gasteiger partial charge in [0.2, 0.25) is 5.91 Å². The first-order valence-corrected chi connectivity index (χ1v) is 12.0. The molecule has 0 spiro atoms. The van der Waals surface area contributed by atoms with E-state index in [-0.39, 0.29) is 25.0 Å². The summed E-state index contributed by atoms with van der Waals surface area (Å²) >= 11 is 0. The van der Waals surface area contributed by atoms with Crippen LogP contribution in [-0.4, -0.2) is 101 Å². The zero-order valence-corrected chi connectivity index (χ0v) is 20.9. The van der Waals surface area contributed by atoms with E-state index in [2.05, 4.69) is 15.4 Å². The number of aliphatic hydroxyl groups is 3. The van der Waals surface area contributed by atoms with Crippen LogP contribution in [0.4, 0.5) is 4.79 Å². The molecule has 0 aromatic rings. The molecular formula is C23H43N3O8. The molecule has 4 atom stereocenters. The molecule has 0 aromatic carbocycles. The maximum Gasteiger partial charge on any atom is 0.408 e. The number of esters is 1. The molecule has 1 heterocycles. The van der Waals surface area contributed by atoms with Crippen molar-refractivity contribution in [1.29, 1.82) is 0 Å². The molecule has 5 N–H and O–H groups in total. The van der Waals surface area contributed by atoms with E-state index in [9.17, 15) is 29.7 Å². The quantitative estimate of drug-likeness (QED) is 0.181. The fourth-order valence-electron chi connectivity index (χ4n) is 3.67. The molecule has 2 amide bonds. The van der Waals surface area contributed by atoms with Crippen molar-refractivity contribution < 1.29 is 39.2 Å². The minimum absolute atomic E-state index is 0.254. The number of alkyl carbamates (subject to hydrolysis) is 1. The minimum atomic E-state index is -1.14. The Hall–Kier alpha value is -1.95. The number of hydrogen-bond donors (Lipinski definition) is 5. The highest BCUT2D eigenvalue weighted by molar-refractivity contribution is 5.85. The van der Waals surface area contributed by atoms with E-state index < -0.39 is 36.0 Å². The molecule has 1 aliphatic heterocycles. The number of hydrogen-bond acceptors (Lipinski definition) is 9. The average Bonchev–Trinajstić information content (AvgIpc) is 2.74. The van der Waals surface area contributed by atoms with E-state index in [4.69, 9.17) is 4.74 Å². The maximum absolute atomic E-state index is 12.7. The average molecular weight is 490 g/mol. The van der Waals surface area contributed by atoms with Gasteiger partial charge in [0.25, 0.3) is 0 Å². The van der Waals surface area contributed by atoms with Crippen molar-refractivity contribution in [3.05, 3.63) is 0 Å². The lowest BCUT2D eigenvalue weighted by atomic mass is 10.0. The van der Waals surface area contributed by atoms with Crippen LogP contribution >= 0.6 is 0 Å².